The van der Waals surface area contributed by atoms with Crippen LogP contribution in [0.15, 0.2) is 88.2 Å². The summed E-state index contributed by atoms with van der Waals surface area (Å²) in [5.74, 6) is -0.510. The molecule has 6 nitrogen and oxygen atoms in total. The number of carbonyl (C=O) groups is 1. The smallest absolute Gasteiger partial charge is 0.283 e. The molecule has 0 saturated heterocycles. The van der Waals surface area contributed by atoms with Crippen LogP contribution in [0.3, 0.4) is 0 Å². The first-order valence-corrected chi connectivity index (χ1v) is 10.7. The Morgan fingerprint density at radius 3 is 2.50 bits per heavy atom. The van der Waals surface area contributed by atoms with E-state index in [0.29, 0.717) is 23.4 Å². The first kappa shape index (κ1) is 22.8. The molecule has 1 N–H and O–H groups in total. The van der Waals surface area contributed by atoms with Crippen molar-refractivity contribution >= 4 is 29.4 Å². The van der Waals surface area contributed by atoms with Crippen molar-refractivity contribution in [2.75, 3.05) is 6.54 Å². The van der Waals surface area contributed by atoms with Crippen molar-refractivity contribution < 1.29 is 9.72 Å². The standard InChI is InChI=1S/C25H21N3O3S/c1-18-7-10-22(11-8-18)32-24-12-9-20(16-23(24)28(30)31)15-21(17-26)25(29)27-14-13-19-5-3-2-4-6-19/h2-12,15-16H,13-14H2,1H3,(H,27,29). The number of carbonyl (C=O) groups excluding carboxylic acids is 1. The summed E-state index contributed by atoms with van der Waals surface area (Å²) < 4.78 is 0. The third-order valence-electron chi connectivity index (χ3n) is 4.65. The van der Waals surface area contributed by atoms with Gasteiger partial charge in [0.05, 0.1) is 9.82 Å². The lowest BCUT2D eigenvalue weighted by Gasteiger charge is -2.06. The highest BCUT2D eigenvalue weighted by Gasteiger charge is 2.16. The fraction of sp³-hybridized carbons (Fsp3) is 0.120. The summed E-state index contributed by atoms with van der Waals surface area (Å²) in [5.41, 5.74) is 2.42. The molecule has 0 fully saturated rings. The van der Waals surface area contributed by atoms with E-state index >= 15 is 0 Å². The van der Waals surface area contributed by atoms with Crippen LogP contribution in [-0.4, -0.2) is 17.4 Å². The van der Waals surface area contributed by atoms with E-state index in [2.05, 4.69) is 5.32 Å². The Labute approximate surface area is 190 Å². The second-order valence-electron chi connectivity index (χ2n) is 7.06. The number of rotatable bonds is 8. The lowest BCUT2D eigenvalue weighted by molar-refractivity contribution is -0.387. The minimum absolute atomic E-state index is 0.0777. The van der Waals surface area contributed by atoms with Gasteiger partial charge in [0.25, 0.3) is 11.6 Å². The van der Waals surface area contributed by atoms with Gasteiger partial charge in [-0.25, -0.2) is 0 Å². The first-order valence-electron chi connectivity index (χ1n) is 9.93. The molecule has 32 heavy (non-hydrogen) atoms. The Kier molecular flexibility index (Phi) is 7.79. The molecule has 0 bridgehead atoms. The van der Waals surface area contributed by atoms with Gasteiger partial charge in [-0.2, -0.15) is 5.26 Å². The van der Waals surface area contributed by atoms with Gasteiger partial charge in [0, 0.05) is 17.5 Å². The number of hydrogen-bond donors (Lipinski definition) is 1. The number of amides is 1. The molecule has 0 heterocycles. The summed E-state index contributed by atoms with van der Waals surface area (Å²) in [4.78, 5) is 24.9. The zero-order valence-electron chi connectivity index (χ0n) is 17.4. The molecule has 7 heteroatoms. The normalized spacial score (nSPS) is 10.9. The van der Waals surface area contributed by atoms with Crippen LogP contribution in [-0.2, 0) is 11.2 Å². The maximum absolute atomic E-state index is 12.4. The number of benzene rings is 3. The largest absolute Gasteiger partial charge is 0.351 e. The quantitative estimate of drug-likeness (QED) is 0.220. The summed E-state index contributed by atoms with van der Waals surface area (Å²) >= 11 is 1.29. The topological polar surface area (TPSA) is 96.0 Å². The number of nitriles is 1. The second-order valence-corrected chi connectivity index (χ2v) is 8.18. The number of nitro benzene ring substituents is 1. The van der Waals surface area contributed by atoms with Gasteiger partial charge in [0.2, 0.25) is 0 Å². The lowest BCUT2D eigenvalue weighted by atomic mass is 10.1. The minimum atomic E-state index is -0.510. The van der Waals surface area contributed by atoms with E-state index in [1.807, 2.05) is 67.6 Å². The van der Waals surface area contributed by atoms with Gasteiger partial charge in [0.1, 0.15) is 11.6 Å². The van der Waals surface area contributed by atoms with E-state index < -0.39 is 10.8 Å². The Bertz CT molecular complexity index is 1180. The maximum atomic E-state index is 12.4. The van der Waals surface area contributed by atoms with Crippen molar-refractivity contribution in [1.82, 2.24) is 5.32 Å². The van der Waals surface area contributed by atoms with E-state index in [4.69, 9.17) is 0 Å². The van der Waals surface area contributed by atoms with E-state index in [-0.39, 0.29) is 11.3 Å². The molecule has 0 aliphatic heterocycles. The Balaban J connectivity index is 1.74. The Hall–Kier alpha value is -3.89. The molecule has 3 aromatic carbocycles. The minimum Gasteiger partial charge on any atom is -0.351 e. The summed E-state index contributed by atoms with van der Waals surface area (Å²) in [6, 6.07) is 24.0. The fourth-order valence-corrected chi connectivity index (χ4v) is 3.86. The van der Waals surface area contributed by atoms with Crippen LogP contribution in [0.5, 0.6) is 0 Å². The summed E-state index contributed by atoms with van der Waals surface area (Å²) in [5, 5.41) is 23.7. The van der Waals surface area contributed by atoms with Gasteiger partial charge in [-0.3, -0.25) is 14.9 Å². The lowest BCUT2D eigenvalue weighted by Crippen LogP contribution is -2.26. The molecular weight excluding hydrogens is 422 g/mol. The van der Waals surface area contributed by atoms with E-state index in [1.165, 1.54) is 23.9 Å². The molecule has 0 radical (unpaired) electrons. The molecular formula is C25H21N3O3S. The number of aryl methyl sites for hydroxylation is 1. The average Bonchev–Trinajstić information content (AvgIpc) is 2.80. The molecule has 1 amide bonds. The van der Waals surface area contributed by atoms with Crippen LogP contribution in [0.1, 0.15) is 16.7 Å². The Morgan fingerprint density at radius 1 is 1.12 bits per heavy atom. The third kappa shape index (κ3) is 6.30. The molecule has 0 aliphatic carbocycles. The van der Waals surface area contributed by atoms with Gasteiger partial charge in [-0.05, 0) is 48.7 Å². The van der Waals surface area contributed by atoms with Crippen LogP contribution in [0.25, 0.3) is 6.08 Å². The predicted molar refractivity (Wildman–Crippen MR) is 125 cm³/mol. The summed E-state index contributed by atoms with van der Waals surface area (Å²) in [6.07, 6.45) is 2.01. The second kappa shape index (κ2) is 10.9. The molecule has 3 aromatic rings. The summed E-state index contributed by atoms with van der Waals surface area (Å²) in [7, 11) is 0. The molecule has 3 rings (SSSR count). The van der Waals surface area contributed by atoms with Gasteiger partial charge >= 0.3 is 0 Å². The number of nitrogens with zero attached hydrogens (tertiary/aromatic N) is 2. The molecule has 0 spiro atoms. The van der Waals surface area contributed by atoms with Crippen molar-refractivity contribution in [1.29, 1.82) is 5.26 Å². The van der Waals surface area contributed by atoms with Crippen LogP contribution in [0.4, 0.5) is 5.69 Å². The van der Waals surface area contributed by atoms with Gasteiger partial charge in [-0.15, -0.1) is 0 Å². The van der Waals surface area contributed by atoms with Gasteiger partial charge < -0.3 is 5.32 Å². The van der Waals surface area contributed by atoms with Crippen molar-refractivity contribution in [3.05, 3.63) is 105 Å². The zero-order chi connectivity index (χ0) is 22.9. The maximum Gasteiger partial charge on any atom is 0.283 e. The van der Waals surface area contributed by atoms with Gasteiger partial charge in [-0.1, -0.05) is 65.9 Å². The zero-order valence-corrected chi connectivity index (χ0v) is 18.3. The number of nitrogens with one attached hydrogen (secondary N) is 1. The van der Waals surface area contributed by atoms with Crippen LogP contribution in [0.2, 0.25) is 0 Å². The molecule has 0 aromatic heterocycles. The number of nitro groups is 1. The van der Waals surface area contributed by atoms with Crippen LogP contribution in [0, 0.1) is 28.4 Å². The van der Waals surface area contributed by atoms with E-state index in [1.54, 1.807) is 12.1 Å². The fourth-order valence-electron chi connectivity index (χ4n) is 2.96. The molecule has 0 saturated carbocycles. The molecule has 0 aliphatic rings. The predicted octanol–water partition coefficient (Wildman–Crippen LogP) is 5.32. The van der Waals surface area contributed by atoms with E-state index in [0.717, 1.165) is 16.0 Å². The third-order valence-corrected chi connectivity index (χ3v) is 5.72. The molecule has 0 atom stereocenters. The van der Waals surface area contributed by atoms with E-state index in [9.17, 15) is 20.2 Å². The molecule has 0 unspecified atom stereocenters. The van der Waals surface area contributed by atoms with Crippen molar-refractivity contribution in [3.8, 4) is 6.07 Å². The Morgan fingerprint density at radius 2 is 1.84 bits per heavy atom. The van der Waals surface area contributed by atoms with Gasteiger partial charge in [0.15, 0.2) is 0 Å². The van der Waals surface area contributed by atoms with Crippen molar-refractivity contribution in [2.45, 2.75) is 23.1 Å². The summed E-state index contributed by atoms with van der Waals surface area (Å²) in [6.45, 7) is 2.36. The molecule has 160 valence electrons. The highest BCUT2D eigenvalue weighted by Crippen LogP contribution is 2.35. The highest BCUT2D eigenvalue weighted by atomic mass is 32.2. The first-order chi connectivity index (χ1) is 15.5. The van der Waals surface area contributed by atoms with Crippen LogP contribution < -0.4 is 5.32 Å². The average molecular weight is 444 g/mol. The highest BCUT2D eigenvalue weighted by molar-refractivity contribution is 7.99. The monoisotopic (exact) mass is 443 g/mol. The SMILES string of the molecule is Cc1ccc(Sc2ccc(C=C(C#N)C(=O)NCCc3ccccc3)cc2[N+](=O)[O-])cc1. The number of hydrogen-bond acceptors (Lipinski definition) is 5. The van der Waals surface area contributed by atoms with Crippen molar-refractivity contribution in [3.63, 3.8) is 0 Å². The van der Waals surface area contributed by atoms with Crippen LogP contribution >= 0.6 is 11.8 Å². The van der Waals surface area contributed by atoms with Crippen molar-refractivity contribution in [2.24, 2.45) is 0 Å².